The average Bonchev–Trinajstić information content (AvgIpc) is 3.49. The monoisotopic (exact) mass is 1110 g/mol. The molecule has 9 heteroatoms. The molecule has 0 saturated carbocycles. The van der Waals surface area contributed by atoms with Gasteiger partial charge in [-0.3, -0.25) is 0 Å². The molecule has 0 aliphatic rings. The van der Waals surface area contributed by atoms with Gasteiger partial charge in [-0.15, -0.1) is 0 Å². The second kappa shape index (κ2) is 74.2. The number of benzene rings is 10. The first-order valence-corrected chi connectivity index (χ1v) is 23.1. The van der Waals surface area contributed by atoms with E-state index in [-0.39, 0.29) is 66.0 Å². The lowest BCUT2D eigenvalue weighted by Gasteiger charge is -1.79. The lowest BCUT2D eigenvalue weighted by atomic mass is 10.4. The molecule has 0 saturated heterocycles. The molecule has 4 nitrogen and oxygen atoms in total. The summed E-state index contributed by atoms with van der Waals surface area (Å²) < 4.78 is 0. The van der Waals surface area contributed by atoms with Crippen LogP contribution in [-0.2, 0) is 9.59 Å². The van der Waals surface area contributed by atoms with Crippen molar-refractivity contribution >= 4 is 66.8 Å². The predicted molar refractivity (Wildman–Crippen MR) is 366 cm³/mol. The zero-order valence-corrected chi connectivity index (χ0v) is 41.8. The summed E-state index contributed by atoms with van der Waals surface area (Å²) in [5.74, 6) is -1.87. The van der Waals surface area contributed by atoms with Gasteiger partial charge in [0.05, 0.1) is 0 Å². The fourth-order valence-electron chi connectivity index (χ4n) is 3.85. The van der Waals surface area contributed by atoms with Crippen LogP contribution in [-0.4, -0.2) is 77.0 Å². The van der Waals surface area contributed by atoms with Crippen LogP contribution in [0.2, 0.25) is 0 Å². The first-order chi connectivity index (χ1) is 35.3. The molecule has 0 heterocycles. The van der Waals surface area contributed by atoms with E-state index in [1.165, 1.54) is 13.8 Å². The SMILES string of the molecule is C=C(C)C(=O)O.C=C(C)C(=O)O.[SiH4].[SiH4].[SiH4].[SiH4].[SiH4].c1ccccc1.c1ccccc1.c1ccccc1.c1ccccc1.c1ccccc1.c1ccccc1.c1ccccc1.c1ccccc1.c1ccccc1.c1ccccc1. The van der Waals surface area contributed by atoms with Crippen molar-refractivity contribution in [1.82, 2.24) is 0 Å². The zero-order chi connectivity index (χ0) is 52.7. The van der Waals surface area contributed by atoms with Crippen LogP contribution in [0.3, 0.4) is 0 Å². The minimum absolute atomic E-state index is 0. The van der Waals surface area contributed by atoms with Crippen LogP contribution in [0, 0.1) is 0 Å². The molecule has 0 radical (unpaired) electrons. The summed E-state index contributed by atoms with van der Waals surface area (Å²) >= 11 is 0. The van der Waals surface area contributed by atoms with E-state index in [2.05, 4.69) is 13.2 Å². The molecule has 0 amide bonds. The Morgan fingerprint density at radius 2 is 0.208 bits per heavy atom. The van der Waals surface area contributed by atoms with Gasteiger partial charge in [0.25, 0.3) is 0 Å². The third-order valence-corrected chi connectivity index (χ3v) is 7.40. The minimum atomic E-state index is -0.935. The molecule has 2 N–H and O–H groups in total. The Labute approximate surface area is 485 Å². The molecule has 10 aromatic carbocycles. The van der Waals surface area contributed by atoms with E-state index in [9.17, 15) is 9.59 Å². The summed E-state index contributed by atoms with van der Waals surface area (Å²) in [7, 11) is 0. The zero-order valence-electron chi connectivity index (χ0n) is 41.8. The fourth-order valence-corrected chi connectivity index (χ4v) is 3.85. The molecule has 0 atom stereocenters. The maximum atomic E-state index is 9.60. The van der Waals surface area contributed by atoms with Crippen molar-refractivity contribution in [2.75, 3.05) is 0 Å². The van der Waals surface area contributed by atoms with Crippen LogP contribution in [0.15, 0.2) is 388 Å². The summed E-state index contributed by atoms with van der Waals surface area (Å²) in [6.07, 6.45) is 0. The Bertz CT molecular complexity index is 1650. The van der Waals surface area contributed by atoms with Crippen LogP contribution in [0.25, 0.3) is 0 Å². The molecule has 0 aliphatic heterocycles. The van der Waals surface area contributed by atoms with Crippen LogP contribution >= 0.6 is 0 Å². The van der Waals surface area contributed by atoms with Gasteiger partial charge in [0.1, 0.15) is 0 Å². The van der Waals surface area contributed by atoms with E-state index in [0.29, 0.717) is 0 Å². The highest BCUT2D eigenvalue weighted by Gasteiger charge is 1.90. The summed E-state index contributed by atoms with van der Waals surface area (Å²) in [6, 6.07) is 120. The summed E-state index contributed by atoms with van der Waals surface area (Å²) in [4.78, 5) is 19.2. The average molecular weight is 1110 g/mol. The molecule has 0 unspecified atom stereocenters. The Morgan fingerprint density at radius 3 is 0.221 bits per heavy atom. The summed E-state index contributed by atoms with van der Waals surface area (Å²) in [6.45, 7) is 9.20. The predicted octanol–water partition coefficient (Wildman–Crippen LogP) is 10.9. The second-order valence-corrected chi connectivity index (χ2v) is 13.7. The molecule has 0 bridgehead atoms. The molecule has 10 aromatic rings. The maximum Gasteiger partial charge on any atom is 0.330 e. The first-order valence-electron chi connectivity index (χ1n) is 23.1. The Kier molecular flexibility index (Phi) is 79.7. The van der Waals surface area contributed by atoms with E-state index in [1.807, 2.05) is 364 Å². The van der Waals surface area contributed by atoms with E-state index in [4.69, 9.17) is 10.2 Å². The van der Waals surface area contributed by atoms with E-state index < -0.39 is 11.9 Å². The second-order valence-electron chi connectivity index (χ2n) is 13.7. The molecule has 0 spiro atoms. The third kappa shape index (κ3) is 82.0. The molecule has 77 heavy (non-hydrogen) atoms. The van der Waals surface area contributed by atoms with Crippen molar-refractivity contribution in [2.45, 2.75) is 13.8 Å². The minimum Gasteiger partial charge on any atom is -0.478 e. The van der Waals surface area contributed by atoms with E-state index in [1.54, 1.807) is 0 Å². The Morgan fingerprint density at radius 1 is 0.182 bits per heavy atom. The van der Waals surface area contributed by atoms with Gasteiger partial charge >= 0.3 is 11.9 Å². The number of hydrogen-bond acceptors (Lipinski definition) is 2. The lowest BCUT2D eigenvalue weighted by Crippen LogP contribution is -1.92. The number of hydrogen-bond donors (Lipinski definition) is 2. The van der Waals surface area contributed by atoms with Crippen molar-refractivity contribution in [3.63, 3.8) is 0 Å². The maximum absolute atomic E-state index is 9.60. The first kappa shape index (κ1) is 82.7. The summed E-state index contributed by atoms with van der Waals surface area (Å²) in [5.41, 5.74) is 0.352. The number of aliphatic carboxylic acids is 2. The normalized spacial score (nSPS) is 7.40. The van der Waals surface area contributed by atoms with Gasteiger partial charge in [-0.1, -0.05) is 377 Å². The van der Waals surface area contributed by atoms with Crippen molar-refractivity contribution in [3.05, 3.63) is 388 Å². The number of carbonyl (C=O) groups is 2. The van der Waals surface area contributed by atoms with Gasteiger partial charge in [0.15, 0.2) is 0 Å². The Hall–Kier alpha value is -8.30. The third-order valence-electron chi connectivity index (χ3n) is 7.40. The number of carboxylic acids is 2. The standard InChI is InChI=1S/10C6H6.2C4H6O2.5H4Si/c10*1-2-4-6-5-3-1;2*1-3(2)4(5)6;;;;;/h10*1-6H;2*1H2,2H3,(H,5,6);5*1H4. The van der Waals surface area contributed by atoms with Gasteiger partial charge in [-0.25, -0.2) is 9.59 Å². The lowest BCUT2D eigenvalue weighted by molar-refractivity contribution is -0.133. The topological polar surface area (TPSA) is 74.6 Å². The van der Waals surface area contributed by atoms with Crippen molar-refractivity contribution in [1.29, 1.82) is 0 Å². The van der Waals surface area contributed by atoms with Crippen LogP contribution in [0.4, 0.5) is 0 Å². The van der Waals surface area contributed by atoms with Gasteiger partial charge < -0.3 is 10.2 Å². The molecule has 10 rings (SSSR count). The van der Waals surface area contributed by atoms with Gasteiger partial charge in [0.2, 0.25) is 0 Å². The molecule has 0 fully saturated rings. The number of rotatable bonds is 2. The smallest absolute Gasteiger partial charge is 0.330 e. The van der Waals surface area contributed by atoms with Crippen molar-refractivity contribution in [2.24, 2.45) is 0 Å². The molecule has 0 aromatic heterocycles. The van der Waals surface area contributed by atoms with Gasteiger partial charge in [0, 0.05) is 11.1 Å². The molecular weight excluding hydrogens is 1020 g/mol. The van der Waals surface area contributed by atoms with Crippen LogP contribution in [0.1, 0.15) is 13.8 Å². The van der Waals surface area contributed by atoms with Crippen molar-refractivity contribution < 1.29 is 19.8 Å². The highest BCUT2D eigenvalue weighted by Crippen LogP contribution is 1.86. The quantitative estimate of drug-likeness (QED) is 0.134. The molecular formula is C68H92O4Si5. The fraction of sp³-hybridized carbons (Fsp3) is 0.0294. The van der Waals surface area contributed by atoms with Crippen LogP contribution < -0.4 is 0 Å². The molecule has 0 aliphatic carbocycles. The largest absolute Gasteiger partial charge is 0.478 e. The number of carboxylic acid groups (broad SMARTS) is 2. The summed E-state index contributed by atoms with van der Waals surface area (Å²) in [5, 5.41) is 15.8. The van der Waals surface area contributed by atoms with Gasteiger partial charge in [-0.2, -0.15) is 0 Å². The van der Waals surface area contributed by atoms with E-state index >= 15 is 0 Å². The van der Waals surface area contributed by atoms with Crippen molar-refractivity contribution in [3.8, 4) is 0 Å². The van der Waals surface area contributed by atoms with E-state index in [0.717, 1.165) is 0 Å². The molecule has 408 valence electrons. The van der Waals surface area contributed by atoms with Crippen LogP contribution in [0.5, 0.6) is 0 Å². The highest BCUT2D eigenvalue weighted by atomic mass is 28.1. The highest BCUT2D eigenvalue weighted by molar-refractivity contribution is 5.85. The Balaban J connectivity index is -0.000000138. The van der Waals surface area contributed by atoms with Gasteiger partial charge in [-0.05, 0) is 68.7 Å².